The van der Waals surface area contributed by atoms with E-state index in [4.69, 9.17) is 5.73 Å². The van der Waals surface area contributed by atoms with Crippen molar-refractivity contribution in [1.82, 2.24) is 14.5 Å². The van der Waals surface area contributed by atoms with Gasteiger partial charge in [-0.1, -0.05) is 0 Å². The lowest BCUT2D eigenvalue weighted by atomic mass is 10.2. The van der Waals surface area contributed by atoms with Crippen molar-refractivity contribution in [2.24, 2.45) is 0 Å². The van der Waals surface area contributed by atoms with Crippen LogP contribution in [0.2, 0.25) is 0 Å². The zero-order chi connectivity index (χ0) is 15.3. The standard InChI is InChI=1S/C15H14F2N4/c1-7-8(2)21(10-4-5-11(16)12(17)6-10)15-13(7)14(18)19-9(3)20-15/h4-6H,1-3H3,(H2,18,19,20). The Balaban J connectivity index is 2.42. The van der Waals surface area contributed by atoms with E-state index < -0.39 is 11.6 Å². The van der Waals surface area contributed by atoms with Crippen molar-refractivity contribution < 1.29 is 8.78 Å². The van der Waals surface area contributed by atoms with Crippen LogP contribution in [0.5, 0.6) is 0 Å². The molecule has 2 N–H and O–H groups in total. The Kier molecular flexibility index (Phi) is 2.90. The molecule has 0 bridgehead atoms. The van der Waals surface area contributed by atoms with Crippen molar-refractivity contribution in [3.63, 3.8) is 0 Å². The molecule has 0 aliphatic heterocycles. The summed E-state index contributed by atoms with van der Waals surface area (Å²) in [4.78, 5) is 8.56. The molecule has 3 aromatic rings. The van der Waals surface area contributed by atoms with Crippen LogP contribution in [0.4, 0.5) is 14.6 Å². The van der Waals surface area contributed by atoms with Gasteiger partial charge in [0.1, 0.15) is 11.6 Å². The maximum Gasteiger partial charge on any atom is 0.160 e. The summed E-state index contributed by atoms with van der Waals surface area (Å²) in [5.41, 5.74) is 8.86. The van der Waals surface area contributed by atoms with E-state index in [2.05, 4.69) is 9.97 Å². The molecule has 2 heterocycles. The van der Waals surface area contributed by atoms with Crippen LogP contribution < -0.4 is 5.73 Å². The van der Waals surface area contributed by atoms with E-state index in [0.717, 1.165) is 28.8 Å². The van der Waals surface area contributed by atoms with Crippen LogP contribution in [0.15, 0.2) is 18.2 Å². The van der Waals surface area contributed by atoms with Crippen molar-refractivity contribution in [1.29, 1.82) is 0 Å². The highest BCUT2D eigenvalue weighted by atomic mass is 19.2. The molecule has 4 nitrogen and oxygen atoms in total. The van der Waals surface area contributed by atoms with Gasteiger partial charge >= 0.3 is 0 Å². The number of rotatable bonds is 1. The fraction of sp³-hybridized carbons (Fsp3) is 0.200. The Labute approximate surface area is 120 Å². The lowest BCUT2D eigenvalue weighted by Crippen LogP contribution is -2.02. The second kappa shape index (κ2) is 4.51. The normalized spacial score (nSPS) is 11.3. The molecule has 108 valence electrons. The summed E-state index contributed by atoms with van der Waals surface area (Å²) >= 11 is 0. The minimum absolute atomic E-state index is 0.388. The summed E-state index contributed by atoms with van der Waals surface area (Å²) in [5.74, 6) is -0.860. The second-order valence-electron chi connectivity index (χ2n) is 5.00. The minimum Gasteiger partial charge on any atom is -0.383 e. The second-order valence-corrected chi connectivity index (χ2v) is 5.00. The van der Waals surface area contributed by atoms with E-state index in [0.29, 0.717) is 23.0 Å². The molecule has 0 saturated heterocycles. The lowest BCUT2D eigenvalue weighted by molar-refractivity contribution is 0.508. The third-order valence-corrected chi connectivity index (χ3v) is 3.66. The molecular weight excluding hydrogens is 274 g/mol. The smallest absolute Gasteiger partial charge is 0.160 e. The molecule has 0 fully saturated rings. The van der Waals surface area contributed by atoms with Crippen LogP contribution in [0.1, 0.15) is 17.1 Å². The summed E-state index contributed by atoms with van der Waals surface area (Å²) < 4.78 is 28.4. The largest absolute Gasteiger partial charge is 0.383 e. The Morgan fingerprint density at radius 2 is 1.76 bits per heavy atom. The van der Waals surface area contributed by atoms with Crippen molar-refractivity contribution >= 4 is 16.9 Å². The Morgan fingerprint density at radius 3 is 2.43 bits per heavy atom. The molecule has 3 rings (SSSR count). The summed E-state index contributed by atoms with van der Waals surface area (Å²) in [7, 11) is 0. The van der Waals surface area contributed by atoms with Gasteiger partial charge in [-0.3, -0.25) is 4.57 Å². The van der Waals surface area contributed by atoms with Gasteiger partial charge in [0.15, 0.2) is 17.3 Å². The number of hydrogen-bond acceptors (Lipinski definition) is 3. The van der Waals surface area contributed by atoms with Gasteiger partial charge in [-0.05, 0) is 38.5 Å². The summed E-state index contributed by atoms with van der Waals surface area (Å²) in [5, 5.41) is 0.739. The van der Waals surface area contributed by atoms with Gasteiger partial charge in [0.05, 0.1) is 11.1 Å². The van der Waals surface area contributed by atoms with Crippen LogP contribution in [-0.2, 0) is 0 Å². The molecule has 1 aromatic carbocycles. The zero-order valence-electron chi connectivity index (χ0n) is 11.9. The highest BCUT2D eigenvalue weighted by Gasteiger charge is 2.18. The first-order chi connectivity index (χ1) is 9.90. The molecule has 0 aliphatic carbocycles. The number of hydrogen-bond donors (Lipinski definition) is 1. The quantitative estimate of drug-likeness (QED) is 0.748. The van der Waals surface area contributed by atoms with E-state index in [9.17, 15) is 8.78 Å². The fourth-order valence-corrected chi connectivity index (χ4v) is 2.55. The molecular formula is C15H14F2N4. The number of nitrogens with two attached hydrogens (primary N) is 1. The SMILES string of the molecule is Cc1nc(N)c2c(C)c(C)n(-c3ccc(F)c(F)c3)c2n1. The molecule has 6 heteroatoms. The van der Waals surface area contributed by atoms with Crippen molar-refractivity contribution in [3.8, 4) is 5.69 Å². The first-order valence-electron chi connectivity index (χ1n) is 6.47. The molecule has 0 saturated carbocycles. The zero-order valence-corrected chi connectivity index (χ0v) is 11.9. The van der Waals surface area contributed by atoms with Gasteiger partial charge in [-0.2, -0.15) is 0 Å². The average molecular weight is 288 g/mol. The number of aryl methyl sites for hydroxylation is 2. The van der Waals surface area contributed by atoms with E-state index >= 15 is 0 Å². The molecule has 0 spiro atoms. The minimum atomic E-state index is -0.898. The maximum absolute atomic E-state index is 13.5. The number of benzene rings is 1. The monoisotopic (exact) mass is 288 g/mol. The topological polar surface area (TPSA) is 56.7 Å². The van der Waals surface area contributed by atoms with Crippen molar-refractivity contribution in [3.05, 3.63) is 46.9 Å². The van der Waals surface area contributed by atoms with E-state index in [1.165, 1.54) is 6.07 Å². The van der Waals surface area contributed by atoms with Gasteiger partial charge < -0.3 is 5.73 Å². The van der Waals surface area contributed by atoms with Crippen LogP contribution in [0.3, 0.4) is 0 Å². The van der Waals surface area contributed by atoms with Crippen LogP contribution >= 0.6 is 0 Å². The highest BCUT2D eigenvalue weighted by molar-refractivity contribution is 5.92. The molecule has 2 aromatic heterocycles. The lowest BCUT2D eigenvalue weighted by Gasteiger charge is -2.08. The van der Waals surface area contributed by atoms with Gasteiger partial charge in [0.2, 0.25) is 0 Å². The summed E-state index contributed by atoms with van der Waals surface area (Å²) in [6.07, 6.45) is 0. The van der Waals surface area contributed by atoms with Gasteiger partial charge in [-0.15, -0.1) is 0 Å². The first kappa shape index (κ1) is 13.5. The predicted octanol–water partition coefficient (Wildman–Crippen LogP) is 3.21. The molecule has 0 atom stereocenters. The van der Waals surface area contributed by atoms with Crippen molar-refractivity contribution in [2.45, 2.75) is 20.8 Å². The van der Waals surface area contributed by atoms with Crippen LogP contribution in [-0.4, -0.2) is 14.5 Å². The number of aromatic nitrogens is 3. The van der Waals surface area contributed by atoms with Crippen molar-refractivity contribution in [2.75, 3.05) is 5.73 Å². The molecule has 0 amide bonds. The number of nitrogens with zero attached hydrogens (tertiary/aromatic N) is 3. The maximum atomic E-state index is 13.5. The summed E-state index contributed by atoms with van der Waals surface area (Å²) in [6.45, 7) is 5.53. The third kappa shape index (κ3) is 1.94. The van der Waals surface area contributed by atoms with Gasteiger partial charge in [-0.25, -0.2) is 18.7 Å². The molecule has 21 heavy (non-hydrogen) atoms. The first-order valence-corrected chi connectivity index (χ1v) is 6.47. The Morgan fingerprint density at radius 1 is 1.05 bits per heavy atom. The fourth-order valence-electron chi connectivity index (χ4n) is 2.55. The van der Waals surface area contributed by atoms with E-state index in [-0.39, 0.29) is 0 Å². The van der Waals surface area contributed by atoms with Crippen LogP contribution in [0, 0.1) is 32.4 Å². The number of halogens is 2. The van der Waals surface area contributed by atoms with E-state index in [1.54, 1.807) is 11.5 Å². The number of nitrogen functional groups attached to an aromatic ring is 1. The van der Waals surface area contributed by atoms with Crippen LogP contribution in [0.25, 0.3) is 16.7 Å². The molecule has 0 aliphatic rings. The average Bonchev–Trinajstić information content (AvgIpc) is 2.65. The highest BCUT2D eigenvalue weighted by Crippen LogP contribution is 2.30. The molecule has 0 radical (unpaired) electrons. The predicted molar refractivity (Wildman–Crippen MR) is 77.4 cm³/mol. The Bertz CT molecular complexity index is 868. The number of anilines is 1. The third-order valence-electron chi connectivity index (χ3n) is 3.66. The Hall–Kier alpha value is -2.50. The number of fused-ring (bicyclic) bond motifs is 1. The van der Waals surface area contributed by atoms with Gasteiger partial charge in [0.25, 0.3) is 0 Å². The molecule has 0 unspecified atom stereocenters. The van der Waals surface area contributed by atoms with Gasteiger partial charge in [0, 0.05) is 11.8 Å². The summed E-state index contributed by atoms with van der Waals surface area (Å²) in [6, 6.07) is 3.76. The van der Waals surface area contributed by atoms with E-state index in [1.807, 2.05) is 13.8 Å².